The highest BCUT2D eigenvalue weighted by molar-refractivity contribution is 9.10. The molecule has 0 fully saturated rings. The monoisotopic (exact) mass is 396 g/mol. The maximum absolute atomic E-state index is 12.8. The maximum atomic E-state index is 12.8. The van der Waals surface area contributed by atoms with Gasteiger partial charge in [0.2, 0.25) is 0 Å². The van der Waals surface area contributed by atoms with E-state index in [-0.39, 0.29) is 11.9 Å². The Kier molecular flexibility index (Phi) is 6.20. The van der Waals surface area contributed by atoms with Crippen molar-refractivity contribution in [1.82, 2.24) is 0 Å². The van der Waals surface area contributed by atoms with Gasteiger partial charge in [0.25, 0.3) is 0 Å². The molecule has 2 atom stereocenters. The largest absolute Gasteiger partial charge is 0.490 e. The molecule has 0 aliphatic rings. The van der Waals surface area contributed by atoms with Gasteiger partial charge in [0.15, 0.2) is 0 Å². The quantitative estimate of drug-likeness (QED) is 0.741. The minimum absolute atomic E-state index is 0.230. The molecule has 0 amide bonds. The lowest BCUT2D eigenvalue weighted by molar-refractivity contribution is -0.138. The lowest BCUT2D eigenvalue weighted by Gasteiger charge is -2.16. The number of carbonyl (C=O) groups is 1. The van der Waals surface area contributed by atoms with Crippen LogP contribution in [0.25, 0.3) is 0 Å². The van der Waals surface area contributed by atoms with Gasteiger partial charge in [-0.1, -0.05) is 22.0 Å². The highest BCUT2D eigenvalue weighted by Crippen LogP contribution is 2.29. The van der Waals surface area contributed by atoms with Crippen LogP contribution in [0.4, 0.5) is 4.39 Å². The highest BCUT2D eigenvalue weighted by Gasteiger charge is 2.17. The third-order valence-corrected chi connectivity index (χ3v) is 4.13. The van der Waals surface area contributed by atoms with Gasteiger partial charge in [-0.05, 0) is 55.8 Å². The number of ether oxygens (including phenoxy) is 2. The molecule has 0 spiro atoms. The van der Waals surface area contributed by atoms with Gasteiger partial charge in [-0.15, -0.1) is 0 Å². The van der Waals surface area contributed by atoms with Crippen molar-refractivity contribution in [1.29, 1.82) is 0 Å². The van der Waals surface area contributed by atoms with Gasteiger partial charge in [0, 0.05) is 4.47 Å². The van der Waals surface area contributed by atoms with E-state index >= 15 is 0 Å². The van der Waals surface area contributed by atoms with E-state index in [0.717, 1.165) is 0 Å². The molecular formula is C18H18BrFO4. The Morgan fingerprint density at radius 3 is 2.38 bits per heavy atom. The lowest BCUT2D eigenvalue weighted by Crippen LogP contribution is -2.21. The molecule has 1 N–H and O–H groups in total. The van der Waals surface area contributed by atoms with Crippen LogP contribution in [0, 0.1) is 5.82 Å². The van der Waals surface area contributed by atoms with Crippen molar-refractivity contribution in [2.45, 2.75) is 25.9 Å². The third-order valence-electron chi connectivity index (χ3n) is 3.44. The van der Waals surface area contributed by atoms with Crippen molar-refractivity contribution in [3.8, 4) is 11.5 Å². The Bertz CT molecular complexity index is 703. The van der Waals surface area contributed by atoms with Crippen LogP contribution in [0.5, 0.6) is 11.5 Å². The standard InChI is InChI=1S/C18H18BrFO4/c1-11(24-14-5-3-13(20)4-6-14)10-23-15-7-8-16(17(19)9-15)12(2)18(21)22/h3-9,11-12H,10H2,1-2H3,(H,21,22). The highest BCUT2D eigenvalue weighted by atomic mass is 79.9. The summed E-state index contributed by atoms with van der Waals surface area (Å²) in [6.07, 6.45) is -0.230. The number of halogens is 2. The molecule has 2 unspecified atom stereocenters. The third kappa shape index (κ3) is 4.96. The normalized spacial score (nSPS) is 13.2. The predicted octanol–water partition coefficient (Wildman–Crippen LogP) is 4.62. The molecule has 0 aromatic heterocycles. The van der Waals surface area contributed by atoms with Gasteiger partial charge in [-0.25, -0.2) is 4.39 Å². The van der Waals surface area contributed by atoms with E-state index in [4.69, 9.17) is 14.6 Å². The lowest BCUT2D eigenvalue weighted by atomic mass is 10.0. The fraction of sp³-hybridized carbons (Fsp3) is 0.278. The van der Waals surface area contributed by atoms with Crippen LogP contribution in [-0.4, -0.2) is 23.8 Å². The molecule has 128 valence electrons. The molecule has 6 heteroatoms. The van der Waals surface area contributed by atoms with Crippen LogP contribution in [0.1, 0.15) is 25.3 Å². The zero-order chi connectivity index (χ0) is 17.7. The summed E-state index contributed by atoms with van der Waals surface area (Å²) >= 11 is 3.37. The van der Waals surface area contributed by atoms with Gasteiger partial charge in [0.1, 0.15) is 30.0 Å². The van der Waals surface area contributed by atoms with Crippen LogP contribution < -0.4 is 9.47 Å². The second-order valence-corrected chi connectivity index (χ2v) is 6.29. The Balaban J connectivity index is 1.93. The number of carboxylic acid groups (broad SMARTS) is 1. The van der Waals surface area contributed by atoms with E-state index in [2.05, 4.69) is 15.9 Å². The van der Waals surface area contributed by atoms with Gasteiger partial charge >= 0.3 is 5.97 Å². The molecule has 2 rings (SSSR count). The smallest absolute Gasteiger partial charge is 0.310 e. The Hall–Kier alpha value is -2.08. The second kappa shape index (κ2) is 8.15. The first kappa shape index (κ1) is 18.3. The van der Waals surface area contributed by atoms with Crippen LogP contribution in [0.15, 0.2) is 46.9 Å². The topological polar surface area (TPSA) is 55.8 Å². The molecule has 2 aromatic carbocycles. The predicted molar refractivity (Wildman–Crippen MR) is 92.2 cm³/mol. The van der Waals surface area contributed by atoms with Crippen LogP contribution in [0.3, 0.4) is 0 Å². The molecule has 0 aliphatic carbocycles. The van der Waals surface area contributed by atoms with Crippen molar-refractivity contribution in [2.24, 2.45) is 0 Å². The van der Waals surface area contributed by atoms with Gasteiger partial charge < -0.3 is 14.6 Å². The zero-order valence-electron chi connectivity index (χ0n) is 13.3. The van der Waals surface area contributed by atoms with Crippen molar-refractivity contribution >= 4 is 21.9 Å². The molecular weight excluding hydrogens is 379 g/mol. The molecule has 0 radical (unpaired) electrons. The SMILES string of the molecule is CC(COc1ccc(C(C)C(=O)O)c(Br)c1)Oc1ccc(F)cc1. The summed E-state index contributed by atoms with van der Waals surface area (Å²) < 4.78 is 24.8. The van der Waals surface area contributed by atoms with E-state index in [9.17, 15) is 9.18 Å². The average Bonchev–Trinajstić information content (AvgIpc) is 2.54. The van der Waals surface area contributed by atoms with Gasteiger partial charge in [-0.3, -0.25) is 4.79 Å². The summed E-state index contributed by atoms with van der Waals surface area (Å²) in [4.78, 5) is 11.1. The van der Waals surface area contributed by atoms with E-state index < -0.39 is 11.9 Å². The number of carboxylic acids is 1. The Morgan fingerprint density at radius 2 is 1.79 bits per heavy atom. The molecule has 0 bridgehead atoms. The number of rotatable bonds is 7. The van der Waals surface area contributed by atoms with Gasteiger partial charge in [0.05, 0.1) is 5.92 Å². The summed E-state index contributed by atoms with van der Waals surface area (Å²) in [6, 6.07) is 11.0. The minimum atomic E-state index is -0.884. The summed E-state index contributed by atoms with van der Waals surface area (Å²) in [5.74, 6) is -0.622. The number of hydrogen-bond acceptors (Lipinski definition) is 3. The Morgan fingerprint density at radius 1 is 1.17 bits per heavy atom. The van der Waals surface area contributed by atoms with E-state index in [0.29, 0.717) is 28.1 Å². The van der Waals surface area contributed by atoms with E-state index in [1.54, 1.807) is 37.3 Å². The van der Waals surface area contributed by atoms with Crippen molar-refractivity contribution in [3.63, 3.8) is 0 Å². The summed E-state index contributed by atoms with van der Waals surface area (Å²) in [7, 11) is 0. The van der Waals surface area contributed by atoms with Crippen LogP contribution in [0.2, 0.25) is 0 Å². The molecule has 0 saturated carbocycles. The molecule has 0 saturated heterocycles. The zero-order valence-corrected chi connectivity index (χ0v) is 14.9. The van der Waals surface area contributed by atoms with Crippen molar-refractivity contribution in [3.05, 3.63) is 58.3 Å². The van der Waals surface area contributed by atoms with Crippen molar-refractivity contribution in [2.75, 3.05) is 6.61 Å². The number of benzene rings is 2. The van der Waals surface area contributed by atoms with Gasteiger partial charge in [-0.2, -0.15) is 0 Å². The first-order chi connectivity index (χ1) is 11.4. The second-order valence-electron chi connectivity index (χ2n) is 5.44. The van der Waals surface area contributed by atoms with E-state index in [1.165, 1.54) is 12.1 Å². The number of hydrogen-bond donors (Lipinski definition) is 1. The molecule has 24 heavy (non-hydrogen) atoms. The fourth-order valence-electron chi connectivity index (χ4n) is 2.07. The Labute approximate surface area is 148 Å². The fourth-order valence-corrected chi connectivity index (χ4v) is 2.78. The van der Waals surface area contributed by atoms with E-state index in [1.807, 2.05) is 6.92 Å². The molecule has 0 aliphatic heterocycles. The maximum Gasteiger partial charge on any atom is 0.310 e. The number of aliphatic carboxylic acids is 1. The average molecular weight is 397 g/mol. The molecule has 4 nitrogen and oxygen atoms in total. The summed E-state index contributed by atoms with van der Waals surface area (Å²) in [6.45, 7) is 3.78. The minimum Gasteiger partial charge on any atom is -0.490 e. The first-order valence-electron chi connectivity index (χ1n) is 7.44. The molecule has 0 heterocycles. The van der Waals surface area contributed by atoms with Crippen molar-refractivity contribution < 1.29 is 23.8 Å². The summed E-state index contributed by atoms with van der Waals surface area (Å²) in [5, 5.41) is 9.07. The van der Waals surface area contributed by atoms with Crippen LogP contribution >= 0.6 is 15.9 Å². The summed E-state index contributed by atoms with van der Waals surface area (Å²) in [5.41, 5.74) is 0.686. The molecule has 2 aromatic rings. The van der Waals surface area contributed by atoms with Crippen LogP contribution in [-0.2, 0) is 4.79 Å². The first-order valence-corrected chi connectivity index (χ1v) is 8.23.